The maximum absolute atomic E-state index is 12.0. The van der Waals surface area contributed by atoms with E-state index in [2.05, 4.69) is 29.4 Å². The van der Waals surface area contributed by atoms with Crippen molar-refractivity contribution in [2.24, 2.45) is 0 Å². The summed E-state index contributed by atoms with van der Waals surface area (Å²) in [6.45, 7) is 5.34. The summed E-state index contributed by atoms with van der Waals surface area (Å²) in [4.78, 5) is 27.6. The van der Waals surface area contributed by atoms with Crippen molar-refractivity contribution in [2.45, 2.75) is 39.7 Å². The highest BCUT2D eigenvalue weighted by Gasteiger charge is 2.18. The maximum Gasteiger partial charge on any atom is 0.306 e. The standard InChI is InChI=1S/C17H20N2O3S/c1-4-12-6-8-13(9-7-12)14-10-23-17(18-14)19-16(21)11(3)22-15(20)5-2/h6-11H,4-5H2,1-3H3,(H,18,19,21)/t11-/m0/s1. The molecule has 1 aromatic carbocycles. The molecule has 2 aromatic rings. The van der Waals surface area contributed by atoms with E-state index in [9.17, 15) is 9.59 Å². The van der Waals surface area contributed by atoms with E-state index in [1.165, 1.54) is 16.9 Å². The molecule has 2 rings (SSSR count). The fraction of sp³-hybridized carbons (Fsp3) is 0.353. The Hall–Kier alpha value is -2.21. The lowest BCUT2D eigenvalue weighted by atomic mass is 10.1. The molecule has 0 spiro atoms. The number of ether oxygens (including phenoxy) is 1. The Morgan fingerprint density at radius 1 is 1.26 bits per heavy atom. The molecular formula is C17H20N2O3S. The predicted molar refractivity (Wildman–Crippen MR) is 91.4 cm³/mol. The number of hydrogen-bond acceptors (Lipinski definition) is 5. The summed E-state index contributed by atoms with van der Waals surface area (Å²) in [6.07, 6.45) is 0.401. The number of aromatic nitrogens is 1. The number of anilines is 1. The van der Waals surface area contributed by atoms with Crippen LogP contribution in [-0.2, 0) is 20.7 Å². The number of esters is 1. The lowest BCUT2D eigenvalue weighted by molar-refractivity contribution is -0.152. The van der Waals surface area contributed by atoms with Crippen LogP contribution in [0.4, 0.5) is 5.13 Å². The van der Waals surface area contributed by atoms with Gasteiger partial charge in [-0.1, -0.05) is 38.1 Å². The minimum atomic E-state index is -0.835. The number of aryl methyl sites for hydroxylation is 1. The van der Waals surface area contributed by atoms with Crippen molar-refractivity contribution in [3.8, 4) is 11.3 Å². The quantitative estimate of drug-likeness (QED) is 0.820. The summed E-state index contributed by atoms with van der Waals surface area (Å²) >= 11 is 1.34. The second kappa shape index (κ2) is 7.87. The van der Waals surface area contributed by atoms with Crippen molar-refractivity contribution in [1.29, 1.82) is 0 Å². The van der Waals surface area contributed by atoms with Gasteiger partial charge in [0.05, 0.1) is 5.69 Å². The van der Waals surface area contributed by atoms with Gasteiger partial charge in [-0.3, -0.25) is 14.9 Å². The summed E-state index contributed by atoms with van der Waals surface area (Å²) in [5.74, 6) is -0.780. The topological polar surface area (TPSA) is 68.3 Å². The summed E-state index contributed by atoms with van der Waals surface area (Å²) in [7, 11) is 0. The Kier molecular flexibility index (Phi) is 5.87. The van der Waals surface area contributed by atoms with Crippen molar-refractivity contribution in [2.75, 3.05) is 5.32 Å². The number of thiazole rings is 1. The smallest absolute Gasteiger partial charge is 0.306 e. The molecular weight excluding hydrogens is 312 g/mol. The van der Waals surface area contributed by atoms with E-state index in [1.54, 1.807) is 13.8 Å². The van der Waals surface area contributed by atoms with E-state index in [4.69, 9.17) is 4.74 Å². The third-order valence-electron chi connectivity index (χ3n) is 3.36. The molecule has 0 fully saturated rings. The van der Waals surface area contributed by atoms with E-state index in [0.717, 1.165) is 17.7 Å². The number of amides is 1. The fourth-order valence-corrected chi connectivity index (χ4v) is 2.64. The molecule has 0 aliphatic heterocycles. The fourth-order valence-electron chi connectivity index (χ4n) is 1.92. The van der Waals surface area contributed by atoms with E-state index < -0.39 is 12.1 Å². The third-order valence-corrected chi connectivity index (χ3v) is 4.12. The van der Waals surface area contributed by atoms with Crippen molar-refractivity contribution in [3.05, 3.63) is 35.2 Å². The number of hydrogen-bond donors (Lipinski definition) is 1. The number of carbonyl (C=O) groups excluding carboxylic acids is 2. The normalized spacial score (nSPS) is 11.8. The molecule has 0 saturated carbocycles. The van der Waals surface area contributed by atoms with E-state index >= 15 is 0 Å². The van der Waals surface area contributed by atoms with Crippen LogP contribution in [-0.4, -0.2) is 23.0 Å². The van der Waals surface area contributed by atoms with Crippen molar-refractivity contribution < 1.29 is 14.3 Å². The summed E-state index contributed by atoms with van der Waals surface area (Å²) in [5, 5.41) is 5.05. The van der Waals surface area contributed by atoms with Crippen LogP contribution < -0.4 is 5.32 Å². The number of benzene rings is 1. The van der Waals surface area contributed by atoms with Crippen LogP contribution in [0.1, 0.15) is 32.8 Å². The van der Waals surface area contributed by atoms with Gasteiger partial charge in [-0.15, -0.1) is 11.3 Å². The van der Waals surface area contributed by atoms with Gasteiger partial charge in [0.2, 0.25) is 0 Å². The second-order valence-electron chi connectivity index (χ2n) is 5.06. The Bertz CT molecular complexity index is 679. The number of nitrogens with one attached hydrogen (secondary N) is 1. The summed E-state index contributed by atoms with van der Waals surface area (Å²) in [5.41, 5.74) is 3.08. The molecule has 0 aliphatic rings. The molecule has 1 aromatic heterocycles. The molecule has 0 unspecified atom stereocenters. The van der Waals surface area contributed by atoms with Crippen molar-refractivity contribution in [1.82, 2.24) is 4.98 Å². The van der Waals surface area contributed by atoms with Gasteiger partial charge >= 0.3 is 5.97 Å². The third kappa shape index (κ3) is 4.63. The van der Waals surface area contributed by atoms with E-state index in [0.29, 0.717) is 5.13 Å². The predicted octanol–water partition coefficient (Wildman–Crippen LogP) is 3.65. The minimum absolute atomic E-state index is 0.243. The zero-order valence-electron chi connectivity index (χ0n) is 13.5. The first-order valence-corrected chi connectivity index (χ1v) is 8.46. The molecule has 0 aliphatic carbocycles. The largest absolute Gasteiger partial charge is 0.453 e. The zero-order valence-corrected chi connectivity index (χ0v) is 14.3. The van der Waals surface area contributed by atoms with Gasteiger partial charge in [-0.05, 0) is 18.9 Å². The average molecular weight is 332 g/mol. The lowest BCUT2D eigenvalue weighted by Crippen LogP contribution is -2.29. The first-order valence-electron chi connectivity index (χ1n) is 7.58. The SMILES string of the molecule is CCC(=O)O[C@@H](C)C(=O)Nc1nc(-c2ccc(CC)cc2)cs1. The van der Waals surface area contributed by atoms with Crippen LogP contribution in [0.25, 0.3) is 11.3 Å². The van der Waals surface area contributed by atoms with Gasteiger partial charge in [-0.2, -0.15) is 0 Å². The first kappa shape index (κ1) is 17.1. The van der Waals surface area contributed by atoms with Crippen LogP contribution in [0.5, 0.6) is 0 Å². The molecule has 23 heavy (non-hydrogen) atoms. The molecule has 1 heterocycles. The number of carbonyl (C=O) groups is 2. The monoisotopic (exact) mass is 332 g/mol. The Morgan fingerprint density at radius 2 is 1.96 bits per heavy atom. The Morgan fingerprint density at radius 3 is 2.57 bits per heavy atom. The van der Waals surface area contributed by atoms with Crippen molar-refractivity contribution >= 4 is 28.3 Å². The highest BCUT2D eigenvalue weighted by atomic mass is 32.1. The van der Waals surface area contributed by atoms with Gasteiger partial charge in [0.15, 0.2) is 11.2 Å². The molecule has 1 atom stereocenters. The van der Waals surface area contributed by atoms with Gasteiger partial charge in [-0.25, -0.2) is 4.98 Å². The maximum atomic E-state index is 12.0. The molecule has 6 heteroatoms. The number of nitrogens with zero attached hydrogens (tertiary/aromatic N) is 1. The molecule has 0 saturated heterocycles. The van der Waals surface area contributed by atoms with Crippen molar-refractivity contribution in [3.63, 3.8) is 0 Å². The number of rotatable bonds is 6. The molecule has 1 amide bonds. The molecule has 5 nitrogen and oxygen atoms in total. The second-order valence-corrected chi connectivity index (χ2v) is 5.92. The molecule has 0 bridgehead atoms. The van der Waals surface area contributed by atoms with E-state index in [1.807, 2.05) is 17.5 Å². The summed E-state index contributed by atoms with van der Waals surface area (Å²) in [6, 6.07) is 8.18. The molecule has 0 radical (unpaired) electrons. The van der Waals surface area contributed by atoms with Crippen LogP contribution in [0.3, 0.4) is 0 Å². The highest BCUT2D eigenvalue weighted by Crippen LogP contribution is 2.25. The van der Waals surface area contributed by atoms with Crippen LogP contribution >= 0.6 is 11.3 Å². The van der Waals surface area contributed by atoms with Gasteiger partial charge in [0.1, 0.15) is 0 Å². The average Bonchev–Trinajstić information content (AvgIpc) is 3.03. The first-order chi connectivity index (χ1) is 11.0. The highest BCUT2D eigenvalue weighted by molar-refractivity contribution is 7.14. The summed E-state index contributed by atoms with van der Waals surface area (Å²) < 4.78 is 4.98. The van der Waals surface area contributed by atoms with Crippen LogP contribution in [0.15, 0.2) is 29.6 Å². The Labute approximate surface area is 139 Å². The van der Waals surface area contributed by atoms with Crippen LogP contribution in [0.2, 0.25) is 0 Å². The zero-order chi connectivity index (χ0) is 16.8. The minimum Gasteiger partial charge on any atom is -0.453 e. The molecule has 122 valence electrons. The Balaban J connectivity index is 2.01. The van der Waals surface area contributed by atoms with Gasteiger partial charge in [0.25, 0.3) is 5.91 Å². The lowest BCUT2D eigenvalue weighted by Gasteiger charge is -2.11. The van der Waals surface area contributed by atoms with E-state index in [-0.39, 0.29) is 12.3 Å². The van der Waals surface area contributed by atoms with Gasteiger partial charge < -0.3 is 4.74 Å². The molecule has 1 N–H and O–H groups in total. The van der Waals surface area contributed by atoms with Crippen LogP contribution in [0, 0.1) is 0 Å². The van der Waals surface area contributed by atoms with Gasteiger partial charge in [0, 0.05) is 17.4 Å².